The van der Waals surface area contributed by atoms with E-state index in [1.54, 1.807) is 6.07 Å². The third-order valence-corrected chi connectivity index (χ3v) is 1.84. The standard InChI is InChI=1S/C7H4BrClF2/c8-7(10,11)5-2-1-3-6(9)4-5/h1-4H. The molecule has 1 aromatic rings. The fourth-order valence-electron chi connectivity index (χ4n) is 0.665. The summed E-state index contributed by atoms with van der Waals surface area (Å²) in [6, 6.07) is 5.55. The smallest absolute Gasteiger partial charge is 0.188 e. The fourth-order valence-corrected chi connectivity index (χ4v) is 1.10. The van der Waals surface area contributed by atoms with Crippen molar-refractivity contribution in [1.82, 2.24) is 0 Å². The van der Waals surface area contributed by atoms with Crippen molar-refractivity contribution >= 4 is 27.5 Å². The number of hydrogen-bond acceptors (Lipinski definition) is 0. The van der Waals surface area contributed by atoms with Gasteiger partial charge in [0.1, 0.15) is 0 Å². The highest BCUT2D eigenvalue weighted by molar-refractivity contribution is 9.09. The Labute approximate surface area is 76.3 Å². The fraction of sp³-hybridized carbons (Fsp3) is 0.143. The molecule has 0 atom stereocenters. The van der Waals surface area contributed by atoms with Crippen molar-refractivity contribution in [3.63, 3.8) is 0 Å². The Kier molecular flexibility index (Phi) is 2.50. The van der Waals surface area contributed by atoms with Crippen LogP contribution in [0.1, 0.15) is 5.56 Å². The van der Waals surface area contributed by atoms with E-state index in [-0.39, 0.29) is 5.56 Å². The van der Waals surface area contributed by atoms with Crippen molar-refractivity contribution in [3.8, 4) is 0 Å². The molecule has 0 spiro atoms. The zero-order chi connectivity index (χ0) is 8.48. The van der Waals surface area contributed by atoms with Crippen LogP contribution >= 0.6 is 27.5 Å². The van der Waals surface area contributed by atoms with Crippen LogP contribution in [0.15, 0.2) is 24.3 Å². The Morgan fingerprint density at radius 3 is 2.36 bits per heavy atom. The maximum Gasteiger partial charge on any atom is 0.326 e. The van der Waals surface area contributed by atoms with Gasteiger partial charge < -0.3 is 0 Å². The van der Waals surface area contributed by atoms with Crippen molar-refractivity contribution in [2.24, 2.45) is 0 Å². The van der Waals surface area contributed by atoms with Crippen LogP contribution in [-0.4, -0.2) is 0 Å². The van der Waals surface area contributed by atoms with Crippen molar-refractivity contribution in [3.05, 3.63) is 34.9 Å². The Morgan fingerprint density at radius 1 is 1.36 bits per heavy atom. The van der Waals surface area contributed by atoms with Crippen molar-refractivity contribution in [1.29, 1.82) is 0 Å². The third-order valence-electron chi connectivity index (χ3n) is 1.15. The lowest BCUT2D eigenvalue weighted by molar-refractivity contribution is 0.114. The lowest BCUT2D eigenvalue weighted by Gasteiger charge is -2.07. The van der Waals surface area contributed by atoms with E-state index in [1.165, 1.54) is 18.2 Å². The van der Waals surface area contributed by atoms with Gasteiger partial charge in [-0.1, -0.05) is 23.7 Å². The summed E-state index contributed by atoms with van der Waals surface area (Å²) in [7, 11) is 0. The maximum atomic E-state index is 12.5. The second-order valence-electron chi connectivity index (χ2n) is 2.01. The largest absolute Gasteiger partial charge is 0.326 e. The van der Waals surface area contributed by atoms with Gasteiger partial charge in [0.2, 0.25) is 0 Å². The molecule has 0 unspecified atom stereocenters. The number of alkyl halides is 3. The molecule has 0 N–H and O–H groups in total. The first-order valence-electron chi connectivity index (χ1n) is 2.83. The minimum Gasteiger partial charge on any atom is -0.188 e. The molecule has 0 fully saturated rings. The second-order valence-corrected chi connectivity index (χ2v) is 3.44. The predicted octanol–water partition coefficient (Wildman–Crippen LogP) is 3.78. The molecule has 0 nitrogen and oxygen atoms in total. The molecule has 60 valence electrons. The van der Waals surface area contributed by atoms with Crippen LogP contribution in [0.4, 0.5) is 8.78 Å². The van der Waals surface area contributed by atoms with Crippen LogP contribution in [-0.2, 0) is 4.83 Å². The minimum absolute atomic E-state index is 0.134. The molecule has 1 rings (SSSR count). The Morgan fingerprint density at radius 2 is 2.00 bits per heavy atom. The maximum absolute atomic E-state index is 12.5. The van der Waals surface area contributed by atoms with Crippen molar-refractivity contribution < 1.29 is 8.78 Å². The molecule has 0 bridgehead atoms. The molecular weight excluding hydrogens is 237 g/mol. The van der Waals surface area contributed by atoms with Crippen LogP contribution < -0.4 is 0 Å². The summed E-state index contributed by atoms with van der Waals surface area (Å²) < 4.78 is 25.0. The van der Waals surface area contributed by atoms with Gasteiger partial charge in [-0.2, -0.15) is 8.78 Å². The molecule has 0 saturated heterocycles. The monoisotopic (exact) mass is 240 g/mol. The summed E-state index contributed by atoms with van der Waals surface area (Å²) in [5, 5.41) is 0.307. The Hall–Kier alpha value is -0.150. The van der Waals surface area contributed by atoms with Gasteiger partial charge in [0.25, 0.3) is 0 Å². The van der Waals surface area contributed by atoms with Gasteiger partial charge in [-0.3, -0.25) is 0 Å². The number of benzene rings is 1. The SMILES string of the molecule is FC(F)(Br)c1cccc(Cl)c1. The van der Waals surface area contributed by atoms with Gasteiger partial charge in [0.05, 0.1) is 0 Å². The summed E-state index contributed by atoms with van der Waals surface area (Å²) in [5.74, 6) is 0. The lowest BCUT2D eigenvalue weighted by Crippen LogP contribution is -2.01. The van der Waals surface area contributed by atoms with Crippen LogP contribution in [0.25, 0.3) is 0 Å². The summed E-state index contributed by atoms with van der Waals surface area (Å²) >= 11 is 7.73. The molecule has 0 aromatic heterocycles. The summed E-state index contributed by atoms with van der Waals surface area (Å²) in [6.45, 7) is 0. The molecule has 11 heavy (non-hydrogen) atoms. The first kappa shape index (κ1) is 8.94. The summed E-state index contributed by atoms with van der Waals surface area (Å²) in [4.78, 5) is -2.99. The van der Waals surface area contributed by atoms with Gasteiger partial charge in [-0.15, -0.1) is 0 Å². The molecule has 0 saturated carbocycles. The normalized spacial score (nSPS) is 11.6. The Bertz CT molecular complexity index is 257. The minimum atomic E-state index is -2.99. The second kappa shape index (κ2) is 3.07. The highest BCUT2D eigenvalue weighted by Crippen LogP contribution is 2.35. The molecule has 4 heteroatoms. The molecular formula is C7H4BrClF2. The quantitative estimate of drug-likeness (QED) is 0.656. The zero-order valence-electron chi connectivity index (χ0n) is 5.32. The summed E-state index contributed by atoms with van der Waals surface area (Å²) in [5.41, 5.74) is -0.134. The molecule has 0 radical (unpaired) electrons. The molecule has 0 heterocycles. The first-order chi connectivity index (χ1) is 5.00. The van der Waals surface area contributed by atoms with Gasteiger partial charge in [-0.05, 0) is 28.1 Å². The molecule has 0 aliphatic heterocycles. The van der Waals surface area contributed by atoms with Gasteiger partial charge in [0.15, 0.2) is 0 Å². The van der Waals surface area contributed by atoms with Crippen molar-refractivity contribution in [2.75, 3.05) is 0 Å². The number of halogens is 4. The molecule has 0 aliphatic carbocycles. The van der Waals surface area contributed by atoms with E-state index in [9.17, 15) is 8.78 Å². The third kappa shape index (κ3) is 2.42. The van der Waals surface area contributed by atoms with Crippen LogP contribution in [0.2, 0.25) is 5.02 Å². The van der Waals surface area contributed by atoms with E-state index in [2.05, 4.69) is 15.9 Å². The number of rotatable bonds is 1. The van der Waals surface area contributed by atoms with Crippen LogP contribution in [0.5, 0.6) is 0 Å². The first-order valence-corrected chi connectivity index (χ1v) is 4.00. The Balaban J connectivity index is 3.06. The van der Waals surface area contributed by atoms with Crippen LogP contribution in [0, 0.1) is 0 Å². The highest BCUT2D eigenvalue weighted by atomic mass is 79.9. The highest BCUT2D eigenvalue weighted by Gasteiger charge is 2.26. The molecule has 0 aliphatic rings. The summed E-state index contributed by atoms with van der Waals surface area (Å²) in [6.07, 6.45) is 0. The van der Waals surface area contributed by atoms with Gasteiger partial charge in [-0.25, -0.2) is 0 Å². The molecule has 0 amide bonds. The van der Waals surface area contributed by atoms with E-state index in [0.29, 0.717) is 5.02 Å². The van der Waals surface area contributed by atoms with E-state index < -0.39 is 4.83 Å². The van der Waals surface area contributed by atoms with E-state index in [1.807, 2.05) is 0 Å². The average Bonchev–Trinajstić information content (AvgIpc) is 1.86. The topological polar surface area (TPSA) is 0 Å². The van der Waals surface area contributed by atoms with Gasteiger partial charge >= 0.3 is 4.83 Å². The average molecular weight is 241 g/mol. The zero-order valence-corrected chi connectivity index (χ0v) is 7.66. The molecule has 1 aromatic carbocycles. The van der Waals surface area contributed by atoms with E-state index in [0.717, 1.165) is 0 Å². The van der Waals surface area contributed by atoms with E-state index >= 15 is 0 Å². The lowest BCUT2D eigenvalue weighted by atomic mass is 10.2. The number of hydrogen-bond donors (Lipinski definition) is 0. The van der Waals surface area contributed by atoms with Crippen molar-refractivity contribution in [2.45, 2.75) is 4.83 Å². The van der Waals surface area contributed by atoms with Gasteiger partial charge in [0, 0.05) is 10.6 Å². The van der Waals surface area contributed by atoms with Crippen LogP contribution in [0.3, 0.4) is 0 Å². The predicted molar refractivity (Wildman–Crippen MR) is 44.3 cm³/mol. The van der Waals surface area contributed by atoms with E-state index in [4.69, 9.17) is 11.6 Å².